The van der Waals surface area contributed by atoms with E-state index in [-0.39, 0.29) is 23.9 Å². The summed E-state index contributed by atoms with van der Waals surface area (Å²) >= 11 is 0. The van der Waals surface area contributed by atoms with Crippen molar-refractivity contribution in [2.45, 2.75) is 70.8 Å². The summed E-state index contributed by atoms with van der Waals surface area (Å²) in [5.41, 5.74) is -0.323. The van der Waals surface area contributed by atoms with Gasteiger partial charge in [0.25, 0.3) is 0 Å². The highest BCUT2D eigenvalue weighted by atomic mass is 16.4. The van der Waals surface area contributed by atoms with Crippen molar-refractivity contribution >= 4 is 11.9 Å². The number of carboxylic acids is 1. The zero-order valence-corrected chi connectivity index (χ0v) is 11.9. The van der Waals surface area contributed by atoms with Crippen molar-refractivity contribution < 1.29 is 14.7 Å². The predicted molar refractivity (Wildman–Crippen MR) is 72.8 cm³/mol. The fourth-order valence-corrected chi connectivity index (χ4v) is 3.62. The van der Waals surface area contributed by atoms with Gasteiger partial charge in [0.1, 0.15) is 6.54 Å². The minimum Gasteiger partial charge on any atom is -0.480 e. The highest BCUT2D eigenvalue weighted by Crippen LogP contribution is 2.39. The molecule has 0 spiro atoms. The van der Waals surface area contributed by atoms with E-state index < -0.39 is 5.97 Å². The number of carbonyl (C=O) groups is 2. The number of hydrogen-bond donors (Lipinski definition) is 1. The van der Waals surface area contributed by atoms with Crippen molar-refractivity contribution in [1.82, 2.24) is 4.90 Å². The van der Waals surface area contributed by atoms with E-state index in [9.17, 15) is 9.59 Å². The first-order chi connectivity index (χ1) is 9.03. The van der Waals surface area contributed by atoms with Crippen LogP contribution < -0.4 is 0 Å². The molecule has 0 radical (unpaired) electrons. The van der Waals surface area contributed by atoms with Gasteiger partial charge in [0.2, 0.25) is 5.91 Å². The Morgan fingerprint density at radius 2 is 1.68 bits per heavy atom. The number of rotatable bonds is 4. The first-order valence-corrected chi connectivity index (χ1v) is 7.56. The van der Waals surface area contributed by atoms with Crippen LogP contribution in [0.25, 0.3) is 0 Å². The van der Waals surface area contributed by atoms with Crippen molar-refractivity contribution in [3.63, 3.8) is 0 Å². The summed E-state index contributed by atoms with van der Waals surface area (Å²) in [6.07, 6.45) is 9.37. The Bertz CT molecular complexity index is 341. The Balaban J connectivity index is 2.11. The Labute approximate surface area is 115 Å². The van der Waals surface area contributed by atoms with E-state index in [0.29, 0.717) is 0 Å². The summed E-state index contributed by atoms with van der Waals surface area (Å²) in [4.78, 5) is 25.5. The lowest BCUT2D eigenvalue weighted by Crippen LogP contribution is -2.49. The summed E-state index contributed by atoms with van der Waals surface area (Å²) in [7, 11) is 0. The van der Waals surface area contributed by atoms with Crippen LogP contribution in [0.4, 0.5) is 0 Å². The maximum atomic E-state index is 12.8. The Morgan fingerprint density at radius 3 is 2.21 bits per heavy atom. The largest absolute Gasteiger partial charge is 0.480 e. The number of carboxylic acid groups (broad SMARTS) is 1. The molecule has 0 unspecified atom stereocenters. The molecule has 0 aromatic carbocycles. The highest BCUT2D eigenvalue weighted by Gasteiger charge is 2.40. The first kappa shape index (κ1) is 14.4. The van der Waals surface area contributed by atoms with Gasteiger partial charge in [0, 0.05) is 11.5 Å². The molecule has 1 amide bonds. The van der Waals surface area contributed by atoms with Gasteiger partial charge in [0.15, 0.2) is 0 Å². The third-order valence-electron chi connectivity index (χ3n) is 4.81. The van der Waals surface area contributed by atoms with Crippen LogP contribution in [-0.4, -0.2) is 34.5 Å². The minimum absolute atomic E-state index is 0.0847. The number of carbonyl (C=O) groups excluding carboxylic acids is 1. The molecular weight excluding hydrogens is 242 g/mol. The fraction of sp³-hybridized carbons (Fsp3) is 0.867. The summed E-state index contributed by atoms with van der Waals surface area (Å²) in [5.74, 6) is -0.804. The molecular formula is C15H25NO3. The van der Waals surface area contributed by atoms with Crippen LogP contribution in [0.1, 0.15) is 64.7 Å². The van der Waals surface area contributed by atoms with Crippen molar-refractivity contribution in [2.24, 2.45) is 5.41 Å². The molecule has 0 bridgehead atoms. The van der Waals surface area contributed by atoms with E-state index in [1.165, 1.54) is 6.42 Å². The second kappa shape index (κ2) is 5.93. The highest BCUT2D eigenvalue weighted by molar-refractivity contribution is 5.86. The van der Waals surface area contributed by atoms with Gasteiger partial charge < -0.3 is 10.0 Å². The Morgan fingerprint density at radius 1 is 1.11 bits per heavy atom. The van der Waals surface area contributed by atoms with Crippen molar-refractivity contribution in [3.05, 3.63) is 0 Å². The third kappa shape index (κ3) is 3.28. The van der Waals surface area contributed by atoms with Crippen LogP contribution in [0.2, 0.25) is 0 Å². The molecule has 0 aromatic rings. The first-order valence-electron chi connectivity index (χ1n) is 7.56. The molecule has 0 aliphatic heterocycles. The molecule has 2 aliphatic carbocycles. The maximum absolute atomic E-state index is 12.8. The number of hydrogen-bond acceptors (Lipinski definition) is 2. The van der Waals surface area contributed by atoms with Crippen molar-refractivity contribution in [3.8, 4) is 0 Å². The Kier molecular flexibility index (Phi) is 4.48. The maximum Gasteiger partial charge on any atom is 0.323 e. The molecule has 0 heterocycles. The molecule has 19 heavy (non-hydrogen) atoms. The molecule has 2 rings (SSSR count). The van der Waals surface area contributed by atoms with Crippen LogP contribution in [0.3, 0.4) is 0 Å². The number of nitrogens with zero attached hydrogens (tertiary/aromatic N) is 1. The van der Waals surface area contributed by atoms with Gasteiger partial charge in [-0.3, -0.25) is 9.59 Å². The molecule has 0 atom stereocenters. The topological polar surface area (TPSA) is 57.6 Å². The average Bonchev–Trinajstić information content (AvgIpc) is 2.89. The summed E-state index contributed by atoms with van der Waals surface area (Å²) in [6, 6.07) is 0.155. The van der Waals surface area contributed by atoms with E-state index in [0.717, 1.165) is 51.4 Å². The van der Waals surface area contributed by atoms with Crippen molar-refractivity contribution in [1.29, 1.82) is 0 Å². The van der Waals surface area contributed by atoms with Gasteiger partial charge in [-0.1, -0.05) is 39.0 Å². The van der Waals surface area contributed by atoms with Crippen LogP contribution in [0.5, 0.6) is 0 Å². The average molecular weight is 267 g/mol. The zero-order chi connectivity index (χ0) is 13.9. The lowest BCUT2D eigenvalue weighted by molar-refractivity contribution is -0.152. The van der Waals surface area contributed by atoms with Gasteiger partial charge in [-0.25, -0.2) is 0 Å². The van der Waals surface area contributed by atoms with Gasteiger partial charge in [-0.05, 0) is 25.7 Å². The smallest absolute Gasteiger partial charge is 0.323 e. The molecule has 2 fully saturated rings. The molecule has 1 N–H and O–H groups in total. The third-order valence-corrected chi connectivity index (χ3v) is 4.81. The van der Waals surface area contributed by atoms with E-state index in [4.69, 9.17) is 5.11 Å². The monoisotopic (exact) mass is 267 g/mol. The summed E-state index contributed by atoms with van der Waals surface area (Å²) in [6.45, 7) is 1.90. The summed E-state index contributed by atoms with van der Waals surface area (Å²) < 4.78 is 0. The fourth-order valence-electron chi connectivity index (χ4n) is 3.62. The van der Waals surface area contributed by atoms with E-state index in [1.807, 2.05) is 6.92 Å². The van der Waals surface area contributed by atoms with E-state index in [1.54, 1.807) is 4.90 Å². The number of aliphatic carboxylic acids is 1. The van der Waals surface area contributed by atoms with Crippen LogP contribution in [0.15, 0.2) is 0 Å². The lowest BCUT2D eigenvalue weighted by atomic mass is 9.74. The van der Waals surface area contributed by atoms with Gasteiger partial charge >= 0.3 is 5.97 Å². The molecule has 0 aromatic heterocycles. The van der Waals surface area contributed by atoms with Gasteiger partial charge in [-0.15, -0.1) is 0 Å². The minimum atomic E-state index is -0.889. The lowest BCUT2D eigenvalue weighted by Gasteiger charge is -2.39. The SMILES string of the molecule is CC1(C(=O)N(CC(=O)O)C2CCCC2)CCCCC1. The van der Waals surface area contributed by atoms with Crippen LogP contribution in [0, 0.1) is 5.41 Å². The van der Waals surface area contributed by atoms with E-state index >= 15 is 0 Å². The van der Waals surface area contributed by atoms with Gasteiger partial charge in [0.05, 0.1) is 0 Å². The van der Waals surface area contributed by atoms with Crippen LogP contribution in [-0.2, 0) is 9.59 Å². The molecule has 108 valence electrons. The zero-order valence-electron chi connectivity index (χ0n) is 11.9. The Hall–Kier alpha value is -1.06. The molecule has 0 saturated heterocycles. The predicted octanol–water partition coefficient (Wildman–Crippen LogP) is 2.81. The quantitative estimate of drug-likeness (QED) is 0.852. The summed E-state index contributed by atoms with van der Waals surface area (Å²) in [5, 5.41) is 9.08. The second-order valence-corrected chi connectivity index (χ2v) is 6.39. The second-order valence-electron chi connectivity index (χ2n) is 6.39. The number of amides is 1. The van der Waals surface area contributed by atoms with Crippen molar-refractivity contribution in [2.75, 3.05) is 6.54 Å². The molecule has 2 saturated carbocycles. The van der Waals surface area contributed by atoms with Crippen LogP contribution >= 0.6 is 0 Å². The van der Waals surface area contributed by atoms with E-state index in [2.05, 4.69) is 0 Å². The molecule has 2 aliphatic rings. The van der Waals surface area contributed by atoms with Gasteiger partial charge in [-0.2, -0.15) is 0 Å². The standard InChI is InChI=1S/C15H25NO3/c1-15(9-5-2-6-10-15)14(19)16(11-13(17)18)12-7-3-4-8-12/h12H,2-11H2,1H3,(H,17,18). The normalized spacial score (nSPS) is 23.2. The molecule has 4 nitrogen and oxygen atoms in total. The molecule has 4 heteroatoms.